The molecule has 0 spiro atoms. The van der Waals surface area contributed by atoms with Crippen molar-refractivity contribution in [2.24, 2.45) is 11.1 Å². The molecule has 14 heteroatoms. The fourth-order valence-corrected chi connectivity index (χ4v) is 5.81. The maximum atomic E-state index is 13.8. The van der Waals surface area contributed by atoms with E-state index < -0.39 is 35.4 Å². The number of thiazole rings is 1. The number of aromatic nitrogens is 1. The molecule has 6 N–H and O–H groups in total. The second-order valence-corrected chi connectivity index (χ2v) is 13.2. The molecule has 0 radical (unpaired) electrons. The molecule has 1 aliphatic rings. The number of hydrogen-bond donors (Lipinski definition) is 5. The van der Waals surface area contributed by atoms with Gasteiger partial charge in [0, 0.05) is 45.4 Å². The lowest BCUT2D eigenvalue weighted by atomic mass is 9.85. The standard InChI is InChI=1S/C32H48N6O7S/c1-21-28(46-20-36-21)23-7-5-22(6-8-23)18-35-30(42)25-17-24(39)19-38(25)31(43)29(32(2,3)4)37-27(41)10-9-26(40)34-12-14-45-16-15-44-13-11-33/h5-8,20,24-25,29,39H,9-19,33H2,1-4H3,(H,34,40)(H,35,42)(H,37,41)/t24-,25+,29-/m1/s1. The Morgan fingerprint density at radius 1 is 1.04 bits per heavy atom. The molecule has 0 unspecified atom stereocenters. The number of benzene rings is 1. The molecule has 1 aromatic carbocycles. The van der Waals surface area contributed by atoms with Crippen LogP contribution in [0.4, 0.5) is 0 Å². The second-order valence-electron chi connectivity index (χ2n) is 12.3. The molecule has 46 heavy (non-hydrogen) atoms. The summed E-state index contributed by atoms with van der Waals surface area (Å²) in [4.78, 5) is 58.8. The van der Waals surface area contributed by atoms with E-state index in [1.807, 2.05) is 52.0 Å². The van der Waals surface area contributed by atoms with Gasteiger partial charge in [-0.1, -0.05) is 45.0 Å². The molecule has 3 rings (SSSR count). The summed E-state index contributed by atoms with van der Waals surface area (Å²) in [6, 6.07) is 5.97. The minimum absolute atomic E-state index is 0.0219. The fraction of sp³-hybridized carbons (Fsp3) is 0.594. The summed E-state index contributed by atoms with van der Waals surface area (Å²) in [6.45, 7) is 9.93. The van der Waals surface area contributed by atoms with Gasteiger partial charge in [-0.05, 0) is 23.5 Å². The van der Waals surface area contributed by atoms with E-state index in [0.29, 0.717) is 39.5 Å². The minimum Gasteiger partial charge on any atom is -0.391 e. The topological polar surface area (TPSA) is 185 Å². The van der Waals surface area contributed by atoms with Gasteiger partial charge >= 0.3 is 0 Å². The highest BCUT2D eigenvalue weighted by molar-refractivity contribution is 7.13. The zero-order valence-electron chi connectivity index (χ0n) is 27.2. The predicted octanol–water partition coefficient (Wildman–Crippen LogP) is 1.12. The van der Waals surface area contributed by atoms with Crippen LogP contribution < -0.4 is 21.7 Å². The van der Waals surface area contributed by atoms with E-state index in [4.69, 9.17) is 15.2 Å². The number of amides is 4. The van der Waals surface area contributed by atoms with Gasteiger partial charge in [-0.3, -0.25) is 19.2 Å². The lowest BCUT2D eigenvalue weighted by molar-refractivity contribution is -0.144. The lowest BCUT2D eigenvalue weighted by Crippen LogP contribution is -2.57. The van der Waals surface area contributed by atoms with Crippen LogP contribution in [0, 0.1) is 12.3 Å². The van der Waals surface area contributed by atoms with Crippen LogP contribution in [0.5, 0.6) is 0 Å². The molecule has 0 bridgehead atoms. The third-order valence-electron chi connectivity index (χ3n) is 7.49. The molecule has 2 heterocycles. The molecular formula is C32H48N6O7S. The summed E-state index contributed by atoms with van der Waals surface area (Å²) in [5.74, 6) is -1.62. The van der Waals surface area contributed by atoms with Gasteiger partial charge < -0.3 is 41.2 Å². The monoisotopic (exact) mass is 660 g/mol. The molecule has 254 valence electrons. The molecule has 0 aliphatic carbocycles. The van der Waals surface area contributed by atoms with Crippen molar-refractivity contribution in [3.05, 3.63) is 41.0 Å². The largest absolute Gasteiger partial charge is 0.391 e. The molecule has 1 fully saturated rings. The normalized spacial score (nSPS) is 17.0. The van der Waals surface area contributed by atoms with Crippen molar-refractivity contribution in [3.8, 4) is 10.4 Å². The Morgan fingerprint density at radius 3 is 2.35 bits per heavy atom. The van der Waals surface area contributed by atoms with Crippen molar-refractivity contribution in [2.45, 2.75) is 71.7 Å². The second kappa shape index (κ2) is 18.0. The molecule has 1 aromatic heterocycles. The summed E-state index contributed by atoms with van der Waals surface area (Å²) in [5, 5.41) is 18.8. The van der Waals surface area contributed by atoms with E-state index in [2.05, 4.69) is 20.9 Å². The average Bonchev–Trinajstić information content (AvgIpc) is 3.63. The quantitative estimate of drug-likeness (QED) is 0.155. The van der Waals surface area contributed by atoms with Crippen molar-refractivity contribution in [2.75, 3.05) is 46.1 Å². The Bertz CT molecular complexity index is 1300. The summed E-state index contributed by atoms with van der Waals surface area (Å²) >= 11 is 1.57. The Morgan fingerprint density at radius 2 is 1.72 bits per heavy atom. The Kier molecular flexibility index (Phi) is 14.5. The maximum absolute atomic E-state index is 13.8. The molecule has 13 nitrogen and oxygen atoms in total. The first kappa shape index (κ1) is 37.0. The van der Waals surface area contributed by atoms with E-state index in [1.165, 1.54) is 4.90 Å². The highest BCUT2D eigenvalue weighted by Crippen LogP contribution is 2.28. The fourth-order valence-electron chi connectivity index (χ4n) is 5.00. The highest BCUT2D eigenvalue weighted by Gasteiger charge is 2.44. The van der Waals surface area contributed by atoms with E-state index in [0.717, 1.165) is 21.7 Å². The number of nitrogens with zero attached hydrogens (tertiary/aromatic N) is 2. The number of nitrogens with one attached hydrogen (secondary N) is 3. The summed E-state index contributed by atoms with van der Waals surface area (Å²) in [6.07, 6.45) is -0.956. The first-order valence-electron chi connectivity index (χ1n) is 15.6. The first-order valence-corrected chi connectivity index (χ1v) is 16.5. The number of hydrogen-bond acceptors (Lipinski definition) is 10. The van der Waals surface area contributed by atoms with Crippen LogP contribution in [0.2, 0.25) is 0 Å². The molecule has 1 saturated heterocycles. The van der Waals surface area contributed by atoms with Crippen molar-refractivity contribution in [3.63, 3.8) is 0 Å². The van der Waals surface area contributed by atoms with Gasteiger partial charge in [0.2, 0.25) is 23.6 Å². The van der Waals surface area contributed by atoms with Crippen LogP contribution in [0.25, 0.3) is 10.4 Å². The van der Waals surface area contributed by atoms with Gasteiger partial charge in [0.05, 0.1) is 48.6 Å². The van der Waals surface area contributed by atoms with E-state index >= 15 is 0 Å². The number of rotatable bonds is 17. The number of carbonyl (C=O) groups excluding carboxylic acids is 4. The zero-order valence-corrected chi connectivity index (χ0v) is 28.0. The number of aryl methyl sites for hydroxylation is 1. The third-order valence-corrected chi connectivity index (χ3v) is 8.47. The molecular weight excluding hydrogens is 612 g/mol. The third kappa shape index (κ3) is 11.4. The molecule has 0 saturated carbocycles. The van der Waals surface area contributed by atoms with Crippen molar-refractivity contribution in [1.29, 1.82) is 0 Å². The number of aliphatic hydroxyl groups is 1. The molecule has 1 aliphatic heterocycles. The van der Waals surface area contributed by atoms with E-state index in [9.17, 15) is 24.3 Å². The average molecular weight is 661 g/mol. The molecule has 4 amide bonds. The Labute approximate surface area is 274 Å². The Hall–Kier alpha value is -3.43. The highest BCUT2D eigenvalue weighted by atomic mass is 32.1. The first-order chi connectivity index (χ1) is 21.9. The smallest absolute Gasteiger partial charge is 0.246 e. The number of ether oxygens (including phenoxy) is 2. The minimum atomic E-state index is -0.971. The number of β-amino-alcohol motifs (C(OH)–C–C–N with tert-alkyl or cyclic N) is 1. The van der Waals surface area contributed by atoms with Crippen molar-refractivity contribution in [1.82, 2.24) is 25.8 Å². The van der Waals surface area contributed by atoms with Gasteiger partial charge in [0.1, 0.15) is 12.1 Å². The maximum Gasteiger partial charge on any atom is 0.246 e. The Balaban J connectivity index is 1.50. The summed E-state index contributed by atoms with van der Waals surface area (Å²) < 4.78 is 10.6. The van der Waals surface area contributed by atoms with Crippen LogP contribution in [0.15, 0.2) is 29.8 Å². The van der Waals surface area contributed by atoms with Crippen molar-refractivity contribution >= 4 is 35.0 Å². The number of nitrogens with two attached hydrogens (primary N) is 1. The van der Waals surface area contributed by atoms with Crippen LogP contribution >= 0.6 is 11.3 Å². The number of aliphatic hydroxyl groups excluding tert-OH is 1. The van der Waals surface area contributed by atoms with E-state index in [-0.39, 0.29) is 44.2 Å². The van der Waals surface area contributed by atoms with Crippen LogP contribution in [0.3, 0.4) is 0 Å². The molecule has 3 atom stereocenters. The number of carbonyl (C=O) groups is 4. The predicted molar refractivity (Wildman–Crippen MR) is 175 cm³/mol. The summed E-state index contributed by atoms with van der Waals surface area (Å²) in [5.41, 5.74) is 9.35. The SMILES string of the molecule is Cc1ncsc1-c1ccc(CNC(=O)[C@@H]2C[C@@H](O)CN2C(=O)[C@@H](NC(=O)CCC(=O)NCCOCCOCCN)C(C)(C)C)cc1. The van der Waals surface area contributed by atoms with Gasteiger partial charge in [-0.15, -0.1) is 11.3 Å². The van der Waals surface area contributed by atoms with Gasteiger partial charge in [0.25, 0.3) is 0 Å². The van der Waals surface area contributed by atoms with Gasteiger partial charge in [-0.25, -0.2) is 4.98 Å². The van der Waals surface area contributed by atoms with Crippen LogP contribution in [0.1, 0.15) is 51.3 Å². The van der Waals surface area contributed by atoms with Crippen LogP contribution in [-0.4, -0.2) is 103 Å². The molecule has 2 aromatic rings. The van der Waals surface area contributed by atoms with Gasteiger partial charge in [0.15, 0.2) is 0 Å². The zero-order chi connectivity index (χ0) is 33.7. The van der Waals surface area contributed by atoms with Gasteiger partial charge in [-0.2, -0.15) is 0 Å². The van der Waals surface area contributed by atoms with Crippen molar-refractivity contribution < 1.29 is 33.8 Å². The number of likely N-dealkylation sites (tertiary alicyclic amines) is 1. The summed E-state index contributed by atoms with van der Waals surface area (Å²) in [7, 11) is 0. The van der Waals surface area contributed by atoms with Crippen LogP contribution in [-0.2, 0) is 35.2 Å². The van der Waals surface area contributed by atoms with E-state index in [1.54, 1.807) is 16.8 Å². The lowest BCUT2D eigenvalue weighted by Gasteiger charge is -2.35.